The van der Waals surface area contributed by atoms with E-state index in [1.165, 1.54) is 0 Å². The molecular weight excluding hydrogens is 204 g/mol. The number of halogens is 3. The van der Waals surface area contributed by atoms with Gasteiger partial charge in [0.15, 0.2) is 5.75 Å². The summed E-state index contributed by atoms with van der Waals surface area (Å²) in [5, 5.41) is 9.00. The second-order valence-corrected chi connectivity index (χ2v) is 2.61. The molecular formula is C7H6ClF2NO2. The fourth-order valence-corrected chi connectivity index (χ4v) is 1.15. The van der Waals surface area contributed by atoms with Crippen LogP contribution in [0.4, 0.5) is 8.78 Å². The first kappa shape index (κ1) is 9.98. The van der Waals surface area contributed by atoms with Crippen LogP contribution < -0.4 is 5.56 Å². The highest BCUT2D eigenvalue weighted by atomic mass is 35.5. The van der Waals surface area contributed by atoms with E-state index < -0.39 is 23.3 Å². The lowest BCUT2D eigenvalue weighted by atomic mass is 10.1. The molecule has 0 saturated heterocycles. The van der Waals surface area contributed by atoms with E-state index in [1.807, 2.05) is 0 Å². The van der Waals surface area contributed by atoms with Crippen molar-refractivity contribution in [1.29, 1.82) is 0 Å². The molecule has 72 valence electrons. The molecule has 0 aromatic carbocycles. The van der Waals surface area contributed by atoms with Gasteiger partial charge in [-0.2, -0.15) is 0 Å². The van der Waals surface area contributed by atoms with Gasteiger partial charge in [-0.3, -0.25) is 4.79 Å². The van der Waals surface area contributed by atoms with E-state index in [1.54, 1.807) is 0 Å². The van der Waals surface area contributed by atoms with Crippen molar-refractivity contribution in [3.05, 3.63) is 27.7 Å². The molecule has 1 aromatic heterocycles. The monoisotopic (exact) mass is 209 g/mol. The molecule has 1 heterocycles. The van der Waals surface area contributed by atoms with Gasteiger partial charge in [-0.1, -0.05) is 0 Å². The molecule has 13 heavy (non-hydrogen) atoms. The summed E-state index contributed by atoms with van der Waals surface area (Å²) in [7, 11) is 0. The summed E-state index contributed by atoms with van der Waals surface area (Å²) in [5.74, 6) is -1.16. The maximum Gasteiger partial charge on any atom is 0.290 e. The zero-order chi connectivity index (χ0) is 10.0. The molecule has 0 fully saturated rings. The van der Waals surface area contributed by atoms with Crippen LogP contribution in [0, 0.1) is 0 Å². The Morgan fingerprint density at radius 2 is 2.23 bits per heavy atom. The predicted octanol–water partition coefficient (Wildman–Crippen LogP) is 1.76. The van der Waals surface area contributed by atoms with Gasteiger partial charge in [0.25, 0.3) is 12.0 Å². The molecule has 1 aromatic rings. The Kier molecular flexibility index (Phi) is 2.87. The molecule has 0 bridgehead atoms. The molecule has 0 saturated carbocycles. The largest absolute Gasteiger partial charge is 0.503 e. The topological polar surface area (TPSA) is 53.1 Å². The van der Waals surface area contributed by atoms with Crippen molar-refractivity contribution in [1.82, 2.24) is 4.98 Å². The number of aromatic nitrogens is 1. The first-order chi connectivity index (χ1) is 6.07. The van der Waals surface area contributed by atoms with Crippen LogP contribution in [0.5, 0.6) is 5.75 Å². The molecule has 0 aliphatic carbocycles. The van der Waals surface area contributed by atoms with Crippen LogP contribution in [0.3, 0.4) is 0 Å². The quantitative estimate of drug-likeness (QED) is 0.730. The minimum atomic E-state index is -2.91. The highest BCUT2D eigenvalue weighted by molar-refractivity contribution is 6.17. The standard InChI is InChI=1S/C7H6ClF2NO2/c8-1-3-2-11-7(13)5(12)4(3)6(9)10/h2,6,12H,1H2,(H,11,13). The summed E-state index contributed by atoms with van der Waals surface area (Å²) in [4.78, 5) is 12.8. The molecule has 0 spiro atoms. The third kappa shape index (κ3) is 1.80. The van der Waals surface area contributed by atoms with E-state index in [9.17, 15) is 13.6 Å². The van der Waals surface area contributed by atoms with Crippen molar-refractivity contribution in [3.63, 3.8) is 0 Å². The Morgan fingerprint density at radius 3 is 2.69 bits per heavy atom. The van der Waals surface area contributed by atoms with Crippen molar-refractivity contribution in [2.45, 2.75) is 12.3 Å². The van der Waals surface area contributed by atoms with E-state index in [2.05, 4.69) is 4.98 Å². The minimum absolute atomic E-state index is 0.0220. The fourth-order valence-electron chi connectivity index (χ4n) is 0.927. The zero-order valence-corrected chi connectivity index (χ0v) is 7.11. The van der Waals surface area contributed by atoms with Crippen molar-refractivity contribution < 1.29 is 13.9 Å². The van der Waals surface area contributed by atoms with Gasteiger partial charge in [0.2, 0.25) is 0 Å². The maximum atomic E-state index is 12.3. The number of pyridine rings is 1. The van der Waals surface area contributed by atoms with Crippen LogP contribution in [0.2, 0.25) is 0 Å². The van der Waals surface area contributed by atoms with Crippen LogP contribution in [-0.2, 0) is 5.88 Å². The van der Waals surface area contributed by atoms with Crippen molar-refractivity contribution in [2.24, 2.45) is 0 Å². The third-order valence-corrected chi connectivity index (χ3v) is 1.84. The molecule has 0 aliphatic rings. The Labute approximate surface area is 77.0 Å². The average Bonchev–Trinajstić information content (AvgIpc) is 2.08. The summed E-state index contributed by atoms with van der Waals surface area (Å²) < 4.78 is 24.6. The van der Waals surface area contributed by atoms with E-state index in [0.29, 0.717) is 0 Å². The van der Waals surface area contributed by atoms with Crippen LogP contribution in [0.15, 0.2) is 11.0 Å². The number of alkyl halides is 3. The summed E-state index contributed by atoms with van der Waals surface area (Å²) in [6.07, 6.45) is -1.84. The lowest BCUT2D eigenvalue weighted by molar-refractivity contribution is 0.146. The highest BCUT2D eigenvalue weighted by Gasteiger charge is 2.19. The number of rotatable bonds is 2. The van der Waals surface area contributed by atoms with E-state index in [4.69, 9.17) is 16.7 Å². The summed E-state index contributed by atoms with van der Waals surface area (Å²) >= 11 is 5.33. The first-order valence-corrected chi connectivity index (χ1v) is 3.89. The Balaban J connectivity index is 3.41. The maximum absolute atomic E-state index is 12.3. The van der Waals surface area contributed by atoms with Gasteiger partial charge in [0.05, 0.1) is 5.56 Å². The minimum Gasteiger partial charge on any atom is -0.503 e. The highest BCUT2D eigenvalue weighted by Crippen LogP contribution is 2.28. The Hall–Kier alpha value is -1.10. The predicted molar refractivity (Wildman–Crippen MR) is 43.2 cm³/mol. The number of hydrogen-bond donors (Lipinski definition) is 2. The van der Waals surface area contributed by atoms with Crippen molar-refractivity contribution in [3.8, 4) is 5.75 Å². The second-order valence-electron chi connectivity index (χ2n) is 2.34. The molecule has 2 N–H and O–H groups in total. The number of hydrogen-bond acceptors (Lipinski definition) is 2. The molecule has 6 heteroatoms. The van der Waals surface area contributed by atoms with Crippen LogP contribution in [-0.4, -0.2) is 10.1 Å². The lowest BCUT2D eigenvalue weighted by Gasteiger charge is -2.06. The normalized spacial score (nSPS) is 10.8. The van der Waals surface area contributed by atoms with Gasteiger partial charge in [0.1, 0.15) is 0 Å². The van der Waals surface area contributed by atoms with Gasteiger partial charge in [-0.15, -0.1) is 11.6 Å². The average molecular weight is 210 g/mol. The van der Waals surface area contributed by atoms with Gasteiger partial charge in [0, 0.05) is 12.1 Å². The molecule has 3 nitrogen and oxygen atoms in total. The molecule has 0 unspecified atom stereocenters. The van der Waals surface area contributed by atoms with E-state index >= 15 is 0 Å². The SMILES string of the molecule is O=c1[nH]cc(CCl)c(C(F)F)c1O. The number of aromatic amines is 1. The molecule has 0 radical (unpaired) electrons. The summed E-state index contributed by atoms with van der Waals surface area (Å²) in [6.45, 7) is 0. The zero-order valence-electron chi connectivity index (χ0n) is 6.35. The number of aromatic hydroxyl groups is 1. The molecule has 0 aliphatic heterocycles. The van der Waals surface area contributed by atoms with Crippen LogP contribution >= 0.6 is 11.6 Å². The number of nitrogens with one attached hydrogen (secondary N) is 1. The Bertz CT molecular complexity index is 364. The van der Waals surface area contributed by atoms with E-state index in [-0.39, 0.29) is 11.4 Å². The first-order valence-electron chi connectivity index (χ1n) is 3.35. The smallest absolute Gasteiger partial charge is 0.290 e. The van der Waals surface area contributed by atoms with Gasteiger partial charge >= 0.3 is 0 Å². The molecule has 0 atom stereocenters. The summed E-state index contributed by atoms with van der Waals surface area (Å²) in [6, 6.07) is 0. The van der Waals surface area contributed by atoms with Crippen LogP contribution in [0.25, 0.3) is 0 Å². The third-order valence-electron chi connectivity index (χ3n) is 1.56. The van der Waals surface area contributed by atoms with Crippen molar-refractivity contribution >= 4 is 11.6 Å². The second kappa shape index (κ2) is 3.74. The van der Waals surface area contributed by atoms with E-state index in [0.717, 1.165) is 6.20 Å². The molecule has 0 amide bonds. The van der Waals surface area contributed by atoms with Gasteiger partial charge in [-0.25, -0.2) is 8.78 Å². The van der Waals surface area contributed by atoms with Gasteiger partial charge < -0.3 is 10.1 Å². The number of H-pyrrole nitrogens is 1. The van der Waals surface area contributed by atoms with Crippen LogP contribution in [0.1, 0.15) is 17.6 Å². The Morgan fingerprint density at radius 1 is 1.62 bits per heavy atom. The van der Waals surface area contributed by atoms with Crippen molar-refractivity contribution in [2.75, 3.05) is 0 Å². The van der Waals surface area contributed by atoms with Gasteiger partial charge in [-0.05, 0) is 5.56 Å². The fraction of sp³-hybridized carbons (Fsp3) is 0.286. The summed E-state index contributed by atoms with van der Waals surface area (Å²) in [5.41, 5.74) is -1.61. The molecule has 1 rings (SSSR count). The lowest BCUT2D eigenvalue weighted by Crippen LogP contribution is -2.09.